The van der Waals surface area contributed by atoms with Crippen molar-refractivity contribution >= 4 is 89.0 Å². The van der Waals surface area contributed by atoms with Crippen molar-refractivity contribution in [2.75, 3.05) is 0 Å². The SMILES string of the molecule is C[Si](C)(C)c1ccc(C2(O)c3cc(Br)c4c(oc5ccccc54)c3-c3c2cc(Br)c2oc4ccccc4c32)cc1. The van der Waals surface area contributed by atoms with Crippen LogP contribution in [0.1, 0.15) is 16.7 Å². The van der Waals surface area contributed by atoms with Gasteiger partial charge in [0.15, 0.2) is 0 Å². The minimum Gasteiger partial charge on any atom is -0.455 e. The van der Waals surface area contributed by atoms with Crippen LogP contribution < -0.4 is 5.19 Å². The molecular weight excluding hydrogens is 644 g/mol. The van der Waals surface area contributed by atoms with Gasteiger partial charge in [-0.15, -0.1) is 0 Å². The summed E-state index contributed by atoms with van der Waals surface area (Å²) < 4.78 is 14.7. The Morgan fingerprint density at radius 1 is 0.650 bits per heavy atom. The lowest BCUT2D eigenvalue weighted by Crippen LogP contribution is -2.38. The number of hydrogen-bond acceptors (Lipinski definition) is 3. The summed E-state index contributed by atoms with van der Waals surface area (Å²) in [6.07, 6.45) is 0. The summed E-state index contributed by atoms with van der Waals surface area (Å²) in [6.45, 7) is 7.01. The van der Waals surface area contributed by atoms with Gasteiger partial charge in [-0.25, -0.2) is 0 Å². The highest BCUT2D eigenvalue weighted by Crippen LogP contribution is 2.59. The van der Waals surface area contributed by atoms with Crippen molar-refractivity contribution in [3.63, 3.8) is 0 Å². The minimum absolute atomic E-state index is 0.760. The molecule has 8 rings (SSSR count). The molecule has 6 heteroatoms. The Labute approximate surface area is 248 Å². The van der Waals surface area contributed by atoms with Gasteiger partial charge < -0.3 is 13.9 Å². The second-order valence-corrected chi connectivity index (χ2v) is 18.5. The zero-order valence-electron chi connectivity index (χ0n) is 22.1. The molecule has 1 atom stereocenters. The molecule has 0 amide bonds. The number of aliphatic hydroxyl groups is 1. The van der Waals surface area contributed by atoms with E-state index in [0.29, 0.717) is 0 Å². The summed E-state index contributed by atoms with van der Waals surface area (Å²) in [7, 11) is -1.52. The maximum absolute atomic E-state index is 13.0. The standard InChI is InChI=1S/C34H24Br2O3Si/c1-40(2,3)19-14-12-18(13-15-19)34(37)22-17-25(36)32-29(21-9-5-7-11-27(21)38-32)30(22)31-23(34)16-24(35)28-20-8-4-6-10-26(20)39-33(28)31/h4-17,37H,1-3H3. The maximum Gasteiger partial charge on any atom is 0.150 e. The summed E-state index contributed by atoms with van der Waals surface area (Å²) in [5.74, 6) is 0. The van der Waals surface area contributed by atoms with E-state index in [-0.39, 0.29) is 0 Å². The van der Waals surface area contributed by atoms with E-state index >= 15 is 0 Å². The van der Waals surface area contributed by atoms with Crippen LogP contribution in [-0.4, -0.2) is 13.2 Å². The average molecular weight is 668 g/mol. The molecule has 0 bridgehead atoms. The Morgan fingerprint density at radius 3 is 1.85 bits per heavy atom. The molecule has 2 aromatic heterocycles. The van der Waals surface area contributed by atoms with Crippen molar-refractivity contribution < 1.29 is 13.9 Å². The molecule has 1 unspecified atom stereocenters. The number of rotatable bonds is 2. The summed E-state index contributed by atoms with van der Waals surface area (Å²) in [5, 5.41) is 18.4. The molecule has 1 aliphatic carbocycles. The smallest absolute Gasteiger partial charge is 0.150 e. The summed E-state index contributed by atoms with van der Waals surface area (Å²) in [6, 6.07) is 28.8. The van der Waals surface area contributed by atoms with Gasteiger partial charge in [-0.2, -0.15) is 0 Å². The van der Waals surface area contributed by atoms with E-state index in [1.54, 1.807) is 0 Å². The Morgan fingerprint density at radius 2 is 1.20 bits per heavy atom. The Balaban J connectivity index is 1.58. The molecule has 3 nitrogen and oxygen atoms in total. The van der Waals surface area contributed by atoms with Crippen LogP contribution in [0.2, 0.25) is 19.6 Å². The van der Waals surface area contributed by atoms with Crippen LogP contribution >= 0.6 is 31.9 Å². The molecule has 7 aromatic rings. The third kappa shape index (κ3) is 3.13. The van der Waals surface area contributed by atoms with Gasteiger partial charge >= 0.3 is 0 Å². The first-order valence-electron chi connectivity index (χ1n) is 13.3. The van der Waals surface area contributed by atoms with Gasteiger partial charge in [-0.05, 0) is 61.7 Å². The molecule has 0 aliphatic heterocycles. The first kappa shape index (κ1) is 24.6. The van der Waals surface area contributed by atoms with E-state index in [1.165, 1.54) is 5.19 Å². The van der Waals surface area contributed by atoms with Crippen molar-refractivity contribution in [2.24, 2.45) is 0 Å². The highest BCUT2D eigenvalue weighted by molar-refractivity contribution is 9.11. The molecule has 40 heavy (non-hydrogen) atoms. The number of para-hydroxylation sites is 2. The van der Waals surface area contributed by atoms with Crippen LogP contribution in [0, 0.1) is 0 Å². The average Bonchev–Trinajstić information content (AvgIpc) is 3.59. The van der Waals surface area contributed by atoms with Gasteiger partial charge in [-0.3, -0.25) is 0 Å². The van der Waals surface area contributed by atoms with E-state index < -0.39 is 13.7 Å². The highest BCUT2D eigenvalue weighted by atomic mass is 79.9. The predicted molar refractivity (Wildman–Crippen MR) is 173 cm³/mol. The zero-order chi connectivity index (χ0) is 27.6. The quantitative estimate of drug-likeness (QED) is 0.187. The van der Waals surface area contributed by atoms with Crippen molar-refractivity contribution in [3.05, 3.63) is 111 Å². The molecule has 196 valence electrons. The first-order valence-corrected chi connectivity index (χ1v) is 18.4. The maximum atomic E-state index is 13.0. The summed E-state index contributed by atoms with van der Waals surface area (Å²) in [5.41, 5.74) is 6.04. The van der Waals surface area contributed by atoms with Crippen LogP contribution in [0.15, 0.2) is 103 Å². The molecule has 0 saturated carbocycles. The number of fused-ring (bicyclic) bond motifs is 11. The largest absolute Gasteiger partial charge is 0.455 e. The van der Waals surface area contributed by atoms with Gasteiger partial charge in [0.2, 0.25) is 0 Å². The molecular formula is C34H24Br2O3Si. The topological polar surface area (TPSA) is 46.5 Å². The molecule has 2 heterocycles. The van der Waals surface area contributed by atoms with Crippen LogP contribution in [0.25, 0.3) is 55.0 Å². The molecule has 5 aromatic carbocycles. The van der Waals surface area contributed by atoms with Crippen LogP contribution in [0.5, 0.6) is 0 Å². The van der Waals surface area contributed by atoms with E-state index in [4.69, 9.17) is 8.83 Å². The second kappa shape index (κ2) is 8.20. The van der Waals surface area contributed by atoms with Crippen LogP contribution in [0.4, 0.5) is 0 Å². The third-order valence-electron chi connectivity index (χ3n) is 8.40. The normalized spacial score (nSPS) is 16.9. The lowest BCUT2D eigenvalue weighted by atomic mass is 9.84. The zero-order valence-corrected chi connectivity index (χ0v) is 26.3. The highest BCUT2D eigenvalue weighted by Gasteiger charge is 2.47. The van der Waals surface area contributed by atoms with Gasteiger partial charge in [-0.1, -0.05) is 85.5 Å². The van der Waals surface area contributed by atoms with Crippen molar-refractivity contribution in [1.29, 1.82) is 0 Å². The number of furan rings is 2. The van der Waals surface area contributed by atoms with Gasteiger partial charge in [0.05, 0.1) is 12.5 Å². The fraction of sp³-hybridized carbons (Fsp3) is 0.118. The van der Waals surface area contributed by atoms with E-state index in [0.717, 1.165) is 80.6 Å². The van der Waals surface area contributed by atoms with E-state index in [2.05, 4.69) is 94.0 Å². The van der Waals surface area contributed by atoms with E-state index in [1.807, 2.05) is 42.5 Å². The van der Waals surface area contributed by atoms with Gasteiger partial charge in [0.1, 0.15) is 27.9 Å². The second-order valence-electron chi connectivity index (χ2n) is 11.7. The predicted octanol–water partition coefficient (Wildman–Crippen LogP) is 9.82. The molecule has 0 saturated heterocycles. The van der Waals surface area contributed by atoms with Crippen LogP contribution in [0.3, 0.4) is 0 Å². The van der Waals surface area contributed by atoms with Crippen molar-refractivity contribution in [2.45, 2.75) is 25.2 Å². The fourth-order valence-electron chi connectivity index (χ4n) is 6.46. The lowest BCUT2D eigenvalue weighted by molar-refractivity contribution is 0.131. The fourth-order valence-corrected chi connectivity index (χ4v) is 8.76. The Hall–Kier alpha value is -3.16. The number of benzene rings is 5. The number of hydrogen-bond donors (Lipinski definition) is 1. The van der Waals surface area contributed by atoms with Gasteiger partial charge in [0.25, 0.3) is 0 Å². The van der Waals surface area contributed by atoms with Gasteiger partial charge in [0, 0.05) is 48.3 Å². The molecule has 0 fully saturated rings. The van der Waals surface area contributed by atoms with Crippen molar-refractivity contribution in [1.82, 2.24) is 0 Å². The van der Waals surface area contributed by atoms with E-state index in [9.17, 15) is 5.11 Å². The Kier molecular flexibility index (Phi) is 5.05. The summed E-state index contributed by atoms with van der Waals surface area (Å²) in [4.78, 5) is 0. The first-order chi connectivity index (χ1) is 19.2. The van der Waals surface area contributed by atoms with Crippen LogP contribution in [-0.2, 0) is 5.60 Å². The summed E-state index contributed by atoms with van der Waals surface area (Å²) >= 11 is 7.66. The lowest BCUT2D eigenvalue weighted by Gasteiger charge is -2.28. The molecule has 0 radical (unpaired) electrons. The monoisotopic (exact) mass is 666 g/mol. The molecule has 1 aliphatic rings. The molecule has 0 spiro atoms. The van der Waals surface area contributed by atoms with Crippen molar-refractivity contribution in [3.8, 4) is 11.1 Å². The number of halogens is 2. The minimum atomic E-state index is -1.52. The Bertz CT molecular complexity index is 2180. The molecule has 1 N–H and O–H groups in total. The third-order valence-corrected chi connectivity index (χ3v) is 11.7.